The Labute approximate surface area is 138 Å². The Balaban J connectivity index is 2.57. The van der Waals surface area contributed by atoms with E-state index in [1.807, 2.05) is 13.8 Å². The van der Waals surface area contributed by atoms with E-state index in [0.29, 0.717) is 32.2 Å². The van der Waals surface area contributed by atoms with Gasteiger partial charge in [-0.25, -0.2) is 0 Å². The van der Waals surface area contributed by atoms with Gasteiger partial charge in [0.1, 0.15) is 11.8 Å². The molecule has 1 fully saturated rings. The van der Waals surface area contributed by atoms with E-state index in [1.165, 1.54) is 0 Å². The highest BCUT2D eigenvalue weighted by Gasteiger charge is 2.31. The van der Waals surface area contributed by atoms with Gasteiger partial charge in [0, 0.05) is 18.3 Å². The Bertz CT molecular complexity index is 419. The molecule has 0 spiro atoms. The minimum atomic E-state index is -0.651. The van der Waals surface area contributed by atoms with Crippen molar-refractivity contribution in [2.45, 2.75) is 64.8 Å². The second-order valence-corrected chi connectivity index (χ2v) is 7.00. The predicted octanol–water partition coefficient (Wildman–Crippen LogP) is 1.12. The largest absolute Gasteiger partial charge is 0.368 e. The van der Waals surface area contributed by atoms with E-state index in [2.05, 4.69) is 5.32 Å². The third kappa shape index (κ3) is 7.59. The van der Waals surface area contributed by atoms with Gasteiger partial charge in [-0.3, -0.25) is 14.4 Å². The molecule has 0 aliphatic heterocycles. The molecule has 1 aliphatic rings. The summed E-state index contributed by atoms with van der Waals surface area (Å²) in [6.45, 7) is 4.45. The topological polar surface area (TPSA) is 115 Å². The van der Waals surface area contributed by atoms with E-state index in [0.717, 1.165) is 19.3 Å². The number of rotatable bonds is 12. The Hall–Kier alpha value is -1.43. The second kappa shape index (κ2) is 9.65. The number of carbonyl (C=O) groups excluding carboxylic acids is 3. The van der Waals surface area contributed by atoms with Gasteiger partial charge in [0.05, 0.1) is 0 Å². The molecule has 2 atom stereocenters. The average molecular weight is 325 g/mol. The molecule has 1 rings (SSSR count). The smallest absolute Gasteiger partial charge is 0.240 e. The standard InChI is InChI=1S/C17H31N3O3/c1-11(2)10-14(16(19)22)20-17(23)13(4-3-9-18)7-8-15(21)12-5-6-12/h11-14H,3-10,18H2,1-2H3,(H2,19,22)(H,20,23)/t13-,14?/m1/s1. The first-order valence-electron chi connectivity index (χ1n) is 8.67. The third-order valence-corrected chi connectivity index (χ3v) is 4.27. The van der Waals surface area contributed by atoms with E-state index in [1.54, 1.807) is 0 Å². The lowest BCUT2D eigenvalue weighted by molar-refractivity contribution is -0.131. The molecule has 132 valence electrons. The van der Waals surface area contributed by atoms with Gasteiger partial charge in [0.2, 0.25) is 11.8 Å². The number of nitrogens with two attached hydrogens (primary N) is 2. The van der Waals surface area contributed by atoms with Crippen molar-refractivity contribution in [1.29, 1.82) is 0 Å². The molecule has 0 aromatic heterocycles. The van der Waals surface area contributed by atoms with Crippen LogP contribution >= 0.6 is 0 Å². The first-order chi connectivity index (χ1) is 10.8. The zero-order valence-electron chi connectivity index (χ0n) is 14.3. The normalized spacial score (nSPS) is 16.9. The maximum Gasteiger partial charge on any atom is 0.240 e. The fourth-order valence-electron chi connectivity index (χ4n) is 2.70. The molecule has 23 heavy (non-hydrogen) atoms. The number of Topliss-reactive ketones (excluding diaryl/α,β-unsaturated/α-hetero) is 1. The lowest BCUT2D eigenvalue weighted by atomic mass is 9.93. The van der Waals surface area contributed by atoms with E-state index in [-0.39, 0.29) is 29.4 Å². The summed E-state index contributed by atoms with van der Waals surface area (Å²) in [6, 6.07) is -0.651. The SMILES string of the molecule is CC(C)CC(NC(=O)[C@H](CCCN)CCC(=O)C1CC1)C(N)=O. The molecule has 0 aromatic carbocycles. The summed E-state index contributed by atoms with van der Waals surface area (Å²) >= 11 is 0. The van der Waals surface area contributed by atoms with Gasteiger partial charge in [0.25, 0.3) is 0 Å². The van der Waals surface area contributed by atoms with Gasteiger partial charge in [-0.15, -0.1) is 0 Å². The lowest BCUT2D eigenvalue weighted by Crippen LogP contribution is -2.47. The molecular weight excluding hydrogens is 294 g/mol. The van der Waals surface area contributed by atoms with Crippen molar-refractivity contribution in [3.8, 4) is 0 Å². The van der Waals surface area contributed by atoms with Crippen LogP contribution in [0.5, 0.6) is 0 Å². The van der Waals surface area contributed by atoms with Crippen molar-refractivity contribution in [3.05, 3.63) is 0 Å². The summed E-state index contributed by atoms with van der Waals surface area (Å²) in [7, 11) is 0. The van der Waals surface area contributed by atoms with Crippen LogP contribution in [0.4, 0.5) is 0 Å². The van der Waals surface area contributed by atoms with Gasteiger partial charge in [-0.1, -0.05) is 13.8 Å². The summed E-state index contributed by atoms with van der Waals surface area (Å²) in [4.78, 5) is 35.8. The molecule has 5 N–H and O–H groups in total. The molecule has 6 heteroatoms. The molecule has 6 nitrogen and oxygen atoms in total. The molecule has 0 saturated heterocycles. The van der Waals surface area contributed by atoms with Crippen molar-refractivity contribution < 1.29 is 14.4 Å². The molecule has 1 unspecified atom stereocenters. The van der Waals surface area contributed by atoms with E-state index >= 15 is 0 Å². The molecule has 0 heterocycles. The van der Waals surface area contributed by atoms with Crippen LogP contribution < -0.4 is 16.8 Å². The molecule has 0 bridgehead atoms. The van der Waals surface area contributed by atoms with Crippen LogP contribution in [0.15, 0.2) is 0 Å². The minimum absolute atomic E-state index is 0.188. The summed E-state index contributed by atoms with van der Waals surface area (Å²) in [5.41, 5.74) is 10.9. The lowest BCUT2D eigenvalue weighted by Gasteiger charge is -2.22. The molecular formula is C17H31N3O3. The van der Waals surface area contributed by atoms with E-state index in [9.17, 15) is 14.4 Å². The number of amides is 2. The fourth-order valence-corrected chi connectivity index (χ4v) is 2.70. The first-order valence-corrected chi connectivity index (χ1v) is 8.67. The average Bonchev–Trinajstić information content (AvgIpc) is 3.30. The van der Waals surface area contributed by atoms with Crippen LogP contribution in [-0.4, -0.2) is 30.2 Å². The zero-order valence-corrected chi connectivity index (χ0v) is 14.3. The van der Waals surface area contributed by atoms with Crippen LogP contribution in [0.3, 0.4) is 0 Å². The van der Waals surface area contributed by atoms with Gasteiger partial charge < -0.3 is 16.8 Å². The second-order valence-electron chi connectivity index (χ2n) is 7.00. The highest BCUT2D eigenvalue weighted by atomic mass is 16.2. The predicted molar refractivity (Wildman–Crippen MR) is 89.3 cm³/mol. The Kier molecular flexibility index (Phi) is 8.23. The van der Waals surface area contributed by atoms with Gasteiger partial charge in [-0.05, 0) is 51.0 Å². The Morgan fingerprint density at radius 3 is 2.30 bits per heavy atom. The van der Waals surface area contributed by atoms with Gasteiger partial charge >= 0.3 is 0 Å². The van der Waals surface area contributed by atoms with Crippen LogP contribution in [-0.2, 0) is 14.4 Å². The van der Waals surface area contributed by atoms with Crippen molar-refractivity contribution >= 4 is 17.6 Å². The first kappa shape index (κ1) is 19.6. The highest BCUT2D eigenvalue weighted by Crippen LogP contribution is 2.32. The van der Waals surface area contributed by atoms with Crippen LogP contribution in [0.2, 0.25) is 0 Å². The van der Waals surface area contributed by atoms with Gasteiger partial charge in [0.15, 0.2) is 0 Å². The molecule has 0 aromatic rings. The monoisotopic (exact) mass is 325 g/mol. The number of ketones is 1. The summed E-state index contributed by atoms with van der Waals surface area (Å²) < 4.78 is 0. The Morgan fingerprint density at radius 2 is 1.83 bits per heavy atom. The van der Waals surface area contributed by atoms with Gasteiger partial charge in [-0.2, -0.15) is 0 Å². The van der Waals surface area contributed by atoms with E-state index < -0.39 is 11.9 Å². The van der Waals surface area contributed by atoms with Crippen molar-refractivity contribution in [2.75, 3.05) is 6.54 Å². The number of hydrogen-bond donors (Lipinski definition) is 3. The summed E-state index contributed by atoms with van der Waals surface area (Å²) in [6.07, 6.45) is 4.79. The number of carbonyl (C=O) groups is 3. The maximum atomic E-state index is 12.5. The molecule has 2 amide bonds. The van der Waals surface area contributed by atoms with Crippen LogP contribution in [0.1, 0.15) is 58.8 Å². The number of hydrogen-bond acceptors (Lipinski definition) is 4. The quantitative estimate of drug-likeness (QED) is 0.498. The number of primary amides is 1. The summed E-state index contributed by atoms with van der Waals surface area (Å²) in [5.74, 6) is -0.260. The minimum Gasteiger partial charge on any atom is -0.368 e. The van der Waals surface area contributed by atoms with Crippen molar-refractivity contribution in [1.82, 2.24) is 5.32 Å². The molecule has 0 radical (unpaired) electrons. The van der Waals surface area contributed by atoms with Crippen LogP contribution in [0, 0.1) is 17.8 Å². The summed E-state index contributed by atoms with van der Waals surface area (Å²) in [5, 5.41) is 2.76. The van der Waals surface area contributed by atoms with E-state index in [4.69, 9.17) is 11.5 Å². The van der Waals surface area contributed by atoms with Crippen molar-refractivity contribution in [2.24, 2.45) is 29.2 Å². The van der Waals surface area contributed by atoms with Crippen molar-refractivity contribution in [3.63, 3.8) is 0 Å². The molecule has 1 saturated carbocycles. The zero-order chi connectivity index (χ0) is 17.4. The highest BCUT2D eigenvalue weighted by molar-refractivity contribution is 5.88. The third-order valence-electron chi connectivity index (χ3n) is 4.27. The fraction of sp³-hybridized carbons (Fsp3) is 0.824. The number of nitrogens with one attached hydrogen (secondary N) is 1. The van der Waals surface area contributed by atoms with Crippen LogP contribution in [0.25, 0.3) is 0 Å². The maximum absolute atomic E-state index is 12.5. The molecule has 1 aliphatic carbocycles. The Morgan fingerprint density at radius 1 is 1.17 bits per heavy atom.